The predicted octanol–water partition coefficient (Wildman–Crippen LogP) is 3.52. The van der Waals surface area contributed by atoms with Crippen LogP contribution in [-0.2, 0) is 13.0 Å². The van der Waals surface area contributed by atoms with Crippen LogP contribution in [0.2, 0.25) is 0 Å². The Hall–Kier alpha value is -1.09. The molecule has 0 saturated heterocycles. The van der Waals surface area contributed by atoms with Crippen LogP contribution in [0.4, 0.5) is 5.82 Å². The molecule has 3 heteroatoms. The number of rotatable bonds is 8. The fourth-order valence-electron chi connectivity index (χ4n) is 2.67. The molecule has 0 aromatic carbocycles. The Bertz CT molecular complexity index is 422. The predicted molar refractivity (Wildman–Crippen MR) is 86.2 cm³/mol. The molecule has 0 atom stereocenters. The molecule has 112 valence electrons. The lowest BCUT2D eigenvalue weighted by molar-refractivity contribution is 0.585. The molecule has 1 aliphatic carbocycles. The number of aryl methyl sites for hydroxylation is 1. The smallest absolute Gasteiger partial charge is 0.129 e. The zero-order valence-corrected chi connectivity index (χ0v) is 13.4. The molecule has 0 bridgehead atoms. The van der Waals surface area contributed by atoms with Crippen molar-refractivity contribution in [3.63, 3.8) is 0 Å². The van der Waals surface area contributed by atoms with Crippen molar-refractivity contribution in [1.82, 2.24) is 10.3 Å². The van der Waals surface area contributed by atoms with Gasteiger partial charge in [0.25, 0.3) is 0 Å². The van der Waals surface area contributed by atoms with E-state index in [1.807, 2.05) is 0 Å². The lowest BCUT2D eigenvalue weighted by atomic mass is 10.1. The van der Waals surface area contributed by atoms with Gasteiger partial charge in [0.15, 0.2) is 0 Å². The first-order valence-electron chi connectivity index (χ1n) is 8.13. The van der Waals surface area contributed by atoms with Crippen molar-refractivity contribution in [1.29, 1.82) is 0 Å². The summed E-state index contributed by atoms with van der Waals surface area (Å²) in [5, 5.41) is 3.60. The standard InChI is InChI=1S/C17H29N3/c1-5-14-10-13(12-18-15-8-9-15)11-17(19-14)20(4)16(6-2)7-3/h10-11,15-16,18H,5-9,12H2,1-4H3. The van der Waals surface area contributed by atoms with Crippen molar-refractivity contribution in [2.24, 2.45) is 0 Å². The number of nitrogens with zero attached hydrogens (tertiary/aromatic N) is 2. The molecule has 1 fully saturated rings. The average Bonchev–Trinajstić information content (AvgIpc) is 3.30. The van der Waals surface area contributed by atoms with Crippen molar-refractivity contribution in [3.8, 4) is 0 Å². The van der Waals surface area contributed by atoms with Crippen LogP contribution in [0.3, 0.4) is 0 Å². The van der Waals surface area contributed by atoms with Gasteiger partial charge in [-0.2, -0.15) is 0 Å². The van der Waals surface area contributed by atoms with Gasteiger partial charge >= 0.3 is 0 Å². The van der Waals surface area contributed by atoms with E-state index in [0.717, 1.165) is 24.8 Å². The van der Waals surface area contributed by atoms with Crippen molar-refractivity contribution >= 4 is 5.82 Å². The molecular weight excluding hydrogens is 246 g/mol. The molecule has 3 nitrogen and oxygen atoms in total. The fraction of sp³-hybridized carbons (Fsp3) is 0.706. The molecule has 0 aliphatic heterocycles. The number of hydrogen-bond donors (Lipinski definition) is 1. The van der Waals surface area contributed by atoms with Crippen molar-refractivity contribution in [2.45, 2.75) is 71.5 Å². The van der Waals surface area contributed by atoms with E-state index in [2.05, 4.69) is 50.2 Å². The van der Waals surface area contributed by atoms with Gasteiger partial charge in [-0.1, -0.05) is 20.8 Å². The summed E-state index contributed by atoms with van der Waals surface area (Å²) < 4.78 is 0. The Morgan fingerprint density at radius 1 is 1.25 bits per heavy atom. The van der Waals surface area contributed by atoms with Crippen LogP contribution < -0.4 is 10.2 Å². The van der Waals surface area contributed by atoms with Crippen LogP contribution in [0.25, 0.3) is 0 Å². The molecular formula is C17H29N3. The SMILES string of the molecule is CCc1cc(CNC2CC2)cc(N(C)C(CC)CC)n1. The molecule has 0 spiro atoms. The number of pyridine rings is 1. The average molecular weight is 275 g/mol. The Balaban J connectivity index is 2.14. The summed E-state index contributed by atoms with van der Waals surface area (Å²) in [6.07, 6.45) is 6.01. The van der Waals surface area contributed by atoms with E-state index in [4.69, 9.17) is 4.98 Å². The zero-order chi connectivity index (χ0) is 14.5. The zero-order valence-electron chi connectivity index (χ0n) is 13.4. The maximum Gasteiger partial charge on any atom is 0.129 e. The van der Waals surface area contributed by atoms with Gasteiger partial charge in [0.2, 0.25) is 0 Å². The van der Waals surface area contributed by atoms with Gasteiger partial charge in [-0.05, 0) is 49.8 Å². The molecule has 1 aromatic heterocycles. The van der Waals surface area contributed by atoms with E-state index >= 15 is 0 Å². The first kappa shape index (κ1) is 15.3. The summed E-state index contributed by atoms with van der Waals surface area (Å²) in [6.45, 7) is 7.67. The van der Waals surface area contributed by atoms with E-state index in [1.54, 1.807) is 0 Å². The molecule has 1 aromatic rings. The second-order valence-corrected chi connectivity index (χ2v) is 5.91. The molecule has 1 aliphatic rings. The highest BCUT2D eigenvalue weighted by molar-refractivity contribution is 5.43. The van der Waals surface area contributed by atoms with Crippen LogP contribution in [0, 0.1) is 0 Å². The largest absolute Gasteiger partial charge is 0.357 e. The molecule has 0 radical (unpaired) electrons. The normalized spacial score (nSPS) is 14.8. The molecule has 20 heavy (non-hydrogen) atoms. The third kappa shape index (κ3) is 3.95. The monoisotopic (exact) mass is 275 g/mol. The van der Waals surface area contributed by atoms with Crippen LogP contribution >= 0.6 is 0 Å². The summed E-state index contributed by atoms with van der Waals surface area (Å²) in [4.78, 5) is 7.16. The van der Waals surface area contributed by atoms with E-state index in [-0.39, 0.29) is 0 Å². The maximum atomic E-state index is 4.81. The van der Waals surface area contributed by atoms with E-state index in [0.29, 0.717) is 6.04 Å². The van der Waals surface area contributed by atoms with Gasteiger partial charge < -0.3 is 10.2 Å². The van der Waals surface area contributed by atoms with Gasteiger partial charge in [-0.15, -0.1) is 0 Å². The minimum Gasteiger partial charge on any atom is -0.357 e. The maximum absolute atomic E-state index is 4.81. The number of hydrogen-bond acceptors (Lipinski definition) is 3. The minimum atomic E-state index is 0.582. The Kier molecular flexibility index (Phi) is 5.41. The Morgan fingerprint density at radius 2 is 1.95 bits per heavy atom. The van der Waals surface area contributed by atoms with Gasteiger partial charge in [-0.3, -0.25) is 0 Å². The van der Waals surface area contributed by atoms with Crippen LogP contribution in [0.1, 0.15) is 57.7 Å². The molecule has 0 unspecified atom stereocenters. The van der Waals surface area contributed by atoms with Crippen LogP contribution in [0.5, 0.6) is 0 Å². The minimum absolute atomic E-state index is 0.582. The molecule has 1 N–H and O–H groups in total. The van der Waals surface area contributed by atoms with Gasteiger partial charge in [0.05, 0.1) is 0 Å². The van der Waals surface area contributed by atoms with Gasteiger partial charge in [0, 0.05) is 31.4 Å². The summed E-state index contributed by atoms with van der Waals surface area (Å²) in [7, 11) is 2.18. The van der Waals surface area contributed by atoms with E-state index < -0.39 is 0 Å². The van der Waals surface area contributed by atoms with Crippen molar-refractivity contribution in [2.75, 3.05) is 11.9 Å². The summed E-state index contributed by atoms with van der Waals surface area (Å²) in [6, 6.07) is 5.85. The quantitative estimate of drug-likeness (QED) is 0.787. The summed E-state index contributed by atoms with van der Waals surface area (Å²) in [5.41, 5.74) is 2.57. The second kappa shape index (κ2) is 7.07. The molecule has 1 heterocycles. The third-order valence-corrected chi connectivity index (χ3v) is 4.31. The van der Waals surface area contributed by atoms with Crippen molar-refractivity contribution in [3.05, 3.63) is 23.4 Å². The lowest BCUT2D eigenvalue weighted by Crippen LogP contribution is -2.31. The number of anilines is 1. The van der Waals surface area contributed by atoms with E-state index in [9.17, 15) is 0 Å². The Morgan fingerprint density at radius 3 is 2.50 bits per heavy atom. The molecule has 2 rings (SSSR count). The molecule has 1 saturated carbocycles. The fourth-order valence-corrected chi connectivity index (χ4v) is 2.67. The Labute approximate surface area is 123 Å². The number of nitrogens with one attached hydrogen (secondary N) is 1. The summed E-state index contributed by atoms with van der Waals surface area (Å²) in [5.74, 6) is 1.13. The second-order valence-electron chi connectivity index (χ2n) is 5.91. The highest BCUT2D eigenvalue weighted by Gasteiger charge is 2.20. The van der Waals surface area contributed by atoms with Crippen LogP contribution in [-0.4, -0.2) is 24.1 Å². The van der Waals surface area contributed by atoms with Gasteiger partial charge in [0.1, 0.15) is 5.82 Å². The van der Waals surface area contributed by atoms with Crippen LogP contribution in [0.15, 0.2) is 12.1 Å². The molecule has 0 amide bonds. The highest BCUT2D eigenvalue weighted by atomic mass is 15.2. The lowest BCUT2D eigenvalue weighted by Gasteiger charge is -2.28. The first-order valence-corrected chi connectivity index (χ1v) is 8.13. The number of aromatic nitrogens is 1. The highest BCUT2D eigenvalue weighted by Crippen LogP contribution is 2.22. The van der Waals surface area contributed by atoms with E-state index in [1.165, 1.54) is 36.9 Å². The summed E-state index contributed by atoms with van der Waals surface area (Å²) >= 11 is 0. The van der Waals surface area contributed by atoms with Crippen molar-refractivity contribution < 1.29 is 0 Å². The van der Waals surface area contributed by atoms with Gasteiger partial charge in [-0.25, -0.2) is 4.98 Å². The first-order chi connectivity index (χ1) is 9.67. The topological polar surface area (TPSA) is 28.2 Å². The third-order valence-electron chi connectivity index (χ3n) is 4.31.